The minimum atomic E-state index is -0.532. The summed E-state index contributed by atoms with van der Waals surface area (Å²) in [6, 6.07) is 0. The van der Waals surface area contributed by atoms with Gasteiger partial charge in [0.25, 0.3) is 0 Å². The first-order valence-corrected chi connectivity index (χ1v) is 9.11. The first kappa shape index (κ1) is 17.1. The van der Waals surface area contributed by atoms with Crippen LogP contribution in [0.3, 0.4) is 0 Å². The van der Waals surface area contributed by atoms with Crippen molar-refractivity contribution in [3.63, 3.8) is 0 Å². The first-order chi connectivity index (χ1) is 9.72. The molecule has 2 aliphatic carbocycles. The first-order valence-electron chi connectivity index (χ1n) is 9.11. The molecule has 1 nitrogen and oxygen atoms in total. The van der Waals surface area contributed by atoms with Crippen LogP contribution in [0.2, 0.25) is 0 Å². The SMILES string of the molecule is C=C1CCCC(C)CCC2(C)CCC(C(C)(C)O)C2CC1. The average Bonchev–Trinajstić information content (AvgIpc) is 2.70. The summed E-state index contributed by atoms with van der Waals surface area (Å²) in [6.45, 7) is 13.3. The van der Waals surface area contributed by atoms with Crippen molar-refractivity contribution in [1.82, 2.24) is 0 Å². The highest BCUT2D eigenvalue weighted by Crippen LogP contribution is 2.55. The van der Waals surface area contributed by atoms with Crippen LogP contribution in [0.1, 0.15) is 85.5 Å². The van der Waals surface area contributed by atoms with Gasteiger partial charge in [-0.2, -0.15) is 0 Å². The van der Waals surface area contributed by atoms with Gasteiger partial charge in [-0.25, -0.2) is 0 Å². The largest absolute Gasteiger partial charge is 0.390 e. The van der Waals surface area contributed by atoms with E-state index in [0.717, 1.165) is 5.92 Å². The van der Waals surface area contributed by atoms with E-state index in [9.17, 15) is 5.11 Å². The Bertz CT molecular complexity index is 365. The molecule has 2 fully saturated rings. The van der Waals surface area contributed by atoms with Crippen molar-refractivity contribution in [3.05, 3.63) is 12.2 Å². The fourth-order valence-electron chi connectivity index (χ4n) is 4.97. The summed E-state index contributed by atoms with van der Waals surface area (Å²) in [6.07, 6.45) is 11.5. The molecule has 1 N–H and O–H groups in total. The van der Waals surface area contributed by atoms with Crippen LogP contribution in [0.4, 0.5) is 0 Å². The van der Waals surface area contributed by atoms with E-state index in [1.165, 1.54) is 63.4 Å². The smallest absolute Gasteiger partial charge is 0.0622 e. The molecule has 0 aromatic rings. The predicted molar refractivity (Wildman–Crippen MR) is 91.2 cm³/mol. The molecule has 0 amide bonds. The number of allylic oxidation sites excluding steroid dienone is 1. The summed E-state index contributed by atoms with van der Waals surface area (Å²) in [5, 5.41) is 10.6. The molecule has 2 saturated carbocycles. The molecule has 0 aromatic carbocycles. The summed E-state index contributed by atoms with van der Waals surface area (Å²) < 4.78 is 0. The quantitative estimate of drug-likeness (QED) is 0.612. The van der Waals surface area contributed by atoms with Crippen LogP contribution in [-0.2, 0) is 0 Å². The Labute approximate surface area is 132 Å². The normalized spacial score (nSPS) is 39.7. The third-order valence-corrected chi connectivity index (χ3v) is 6.56. The summed E-state index contributed by atoms with van der Waals surface area (Å²) >= 11 is 0. The molecule has 2 rings (SSSR count). The maximum absolute atomic E-state index is 10.6. The van der Waals surface area contributed by atoms with Crippen LogP contribution < -0.4 is 0 Å². The lowest BCUT2D eigenvalue weighted by molar-refractivity contribution is -0.0183. The third-order valence-electron chi connectivity index (χ3n) is 6.56. The maximum atomic E-state index is 10.6. The second kappa shape index (κ2) is 6.44. The number of hydrogen-bond donors (Lipinski definition) is 1. The Balaban J connectivity index is 2.19. The van der Waals surface area contributed by atoms with Crippen LogP contribution in [0.25, 0.3) is 0 Å². The predicted octanol–water partition coefficient (Wildman–Crippen LogP) is 5.73. The zero-order chi connectivity index (χ0) is 15.7. The van der Waals surface area contributed by atoms with Crippen LogP contribution >= 0.6 is 0 Å². The second-order valence-corrected chi connectivity index (χ2v) is 8.88. The van der Waals surface area contributed by atoms with Gasteiger partial charge in [0.1, 0.15) is 0 Å². The van der Waals surface area contributed by atoms with E-state index in [1.807, 2.05) is 13.8 Å². The molecule has 21 heavy (non-hydrogen) atoms. The Morgan fingerprint density at radius 1 is 1.10 bits per heavy atom. The van der Waals surface area contributed by atoms with Gasteiger partial charge in [-0.05, 0) is 82.0 Å². The zero-order valence-corrected chi connectivity index (χ0v) is 14.8. The van der Waals surface area contributed by atoms with E-state index >= 15 is 0 Å². The molecule has 122 valence electrons. The Morgan fingerprint density at radius 2 is 1.76 bits per heavy atom. The van der Waals surface area contributed by atoms with Crippen molar-refractivity contribution >= 4 is 0 Å². The van der Waals surface area contributed by atoms with Crippen molar-refractivity contribution in [2.24, 2.45) is 23.2 Å². The standard InChI is InChI=1S/C20H36O/c1-15-7-6-8-16(2)11-13-20(5)14-12-17(19(3,4)21)18(20)10-9-15/h16-18,21H,1,6-14H2,2-5H3. The van der Waals surface area contributed by atoms with E-state index in [2.05, 4.69) is 20.4 Å². The molecule has 1 heteroatoms. The number of rotatable bonds is 1. The minimum absolute atomic E-state index is 0.434. The molecule has 0 saturated heterocycles. The fourth-order valence-corrected chi connectivity index (χ4v) is 4.97. The van der Waals surface area contributed by atoms with Gasteiger partial charge >= 0.3 is 0 Å². The topological polar surface area (TPSA) is 20.2 Å². The van der Waals surface area contributed by atoms with Crippen molar-refractivity contribution in [3.8, 4) is 0 Å². The maximum Gasteiger partial charge on any atom is 0.0622 e. The van der Waals surface area contributed by atoms with Gasteiger partial charge < -0.3 is 5.11 Å². The van der Waals surface area contributed by atoms with E-state index in [0.29, 0.717) is 17.3 Å². The van der Waals surface area contributed by atoms with Gasteiger partial charge in [-0.15, -0.1) is 0 Å². The van der Waals surface area contributed by atoms with Crippen molar-refractivity contribution in [2.75, 3.05) is 0 Å². The number of fused-ring (bicyclic) bond motifs is 1. The minimum Gasteiger partial charge on any atom is -0.390 e. The fraction of sp³-hybridized carbons (Fsp3) is 0.900. The molecule has 2 aliphatic rings. The summed E-state index contributed by atoms with van der Waals surface area (Å²) in [7, 11) is 0. The average molecular weight is 293 g/mol. The molecule has 0 aliphatic heterocycles. The van der Waals surface area contributed by atoms with Gasteiger partial charge in [0, 0.05) is 0 Å². The lowest BCUT2D eigenvalue weighted by atomic mass is 9.68. The van der Waals surface area contributed by atoms with E-state index in [1.54, 1.807) is 0 Å². The highest BCUT2D eigenvalue weighted by Gasteiger charge is 2.49. The van der Waals surface area contributed by atoms with Gasteiger partial charge in [0.05, 0.1) is 5.60 Å². The van der Waals surface area contributed by atoms with Crippen molar-refractivity contribution in [2.45, 2.75) is 91.1 Å². The molecular formula is C20H36O. The van der Waals surface area contributed by atoms with Crippen LogP contribution in [0, 0.1) is 23.2 Å². The second-order valence-electron chi connectivity index (χ2n) is 8.88. The lowest BCUT2D eigenvalue weighted by Gasteiger charge is -2.39. The van der Waals surface area contributed by atoms with Gasteiger partial charge in [-0.1, -0.05) is 38.8 Å². The van der Waals surface area contributed by atoms with Gasteiger partial charge in [-0.3, -0.25) is 0 Å². The highest BCUT2D eigenvalue weighted by molar-refractivity contribution is 5.02. The summed E-state index contributed by atoms with van der Waals surface area (Å²) in [5.41, 5.74) is 1.34. The Morgan fingerprint density at radius 3 is 2.43 bits per heavy atom. The van der Waals surface area contributed by atoms with Crippen LogP contribution in [-0.4, -0.2) is 10.7 Å². The van der Waals surface area contributed by atoms with Crippen LogP contribution in [0.5, 0.6) is 0 Å². The van der Waals surface area contributed by atoms with Gasteiger partial charge in [0.15, 0.2) is 0 Å². The van der Waals surface area contributed by atoms with E-state index in [4.69, 9.17) is 0 Å². The molecule has 0 radical (unpaired) electrons. The van der Waals surface area contributed by atoms with E-state index in [-0.39, 0.29) is 0 Å². The lowest BCUT2D eigenvalue weighted by Crippen LogP contribution is -2.37. The molecule has 4 unspecified atom stereocenters. The van der Waals surface area contributed by atoms with E-state index < -0.39 is 5.60 Å². The Hall–Kier alpha value is -0.300. The molecular weight excluding hydrogens is 256 g/mol. The summed E-state index contributed by atoms with van der Waals surface area (Å²) in [5.74, 6) is 1.97. The number of aliphatic hydroxyl groups is 1. The zero-order valence-electron chi connectivity index (χ0n) is 14.8. The number of hydrogen-bond acceptors (Lipinski definition) is 1. The molecule has 0 spiro atoms. The molecule has 4 atom stereocenters. The van der Waals surface area contributed by atoms with Crippen LogP contribution in [0.15, 0.2) is 12.2 Å². The molecule has 0 heterocycles. The third kappa shape index (κ3) is 4.12. The van der Waals surface area contributed by atoms with Crippen molar-refractivity contribution in [1.29, 1.82) is 0 Å². The van der Waals surface area contributed by atoms with Crippen molar-refractivity contribution < 1.29 is 5.11 Å². The highest BCUT2D eigenvalue weighted by atomic mass is 16.3. The summed E-state index contributed by atoms with van der Waals surface area (Å²) in [4.78, 5) is 0. The Kier molecular flexibility index (Phi) is 5.23. The monoisotopic (exact) mass is 292 g/mol. The van der Waals surface area contributed by atoms with Gasteiger partial charge in [0.2, 0.25) is 0 Å². The molecule has 0 bridgehead atoms. The molecule has 0 aromatic heterocycles.